The van der Waals surface area contributed by atoms with Gasteiger partial charge in [0.25, 0.3) is 0 Å². The number of carbonyl (C=O) groups excluding carboxylic acids is 1. The van der Waals surface area contributed by atoms with Crippen LogP contribution in [-0.2, 0) is 14.3 Å². The van der Waals surface area contributed by atoms with Gasteiger partial charge in [0.2, 0.25) is 0 Å². The molecule has 7 aliphatic rings. The lowest BCUT2D eigenvalue weighted by Crippen LogP contribution is -2.50. The predicted molar refractivity (Wildman–Crippen MR) is 154 cm³/mol. The van der Waals surface area contributed by atoms with E-state index in [-0.39, 0.29) is 11.6 Å². The van der Waals surface area contributed by atoms with Crippen molar-refractivity contribution >= 4 is 5.97 Å². The summed E-state index contributed by atoms with van der Waals surface area (Å²) in [6.45, 7) is 13.2. The third-order valence-electron chi connectivity index (χ3n) is 13.3. The van der Waals surface area contributed by atoms with Crippen LogP contribution in [0.15, 0.2) is 34.1 Å². The monoisotopic (exact) mass is 550 g/mol. The highest BCUT2D eigenvalue weighted by Gasteiger charge is 2.59. The smallest absolute Gasteiger partial charge is 0.334 e. The highest BCUT2D eigenvalue weighted by molar-refractivity contribution is 5.76. The van der Waals surface area contributed by atoms with Crippen molar-refractivity contribution in [2.45, 2.75) is 115 Å². The maximum Gasteiger partial charge on any atom is 0.334 e. The minimum absolute atomic E-state index is 0.000810. The van der Waals surface area contributed by atoms with Crippen molar-refractivity contribution in [3.63, 3.8) is 0 Å². The van der Waals surface area contributed by atoms with E-state index in [0.717, 1.165) is 49.5 Å². The van der Waals surface area contributed by atoms with Gasteiger partial charge >= 0.3 is 5.97 Å². The molecule has 4 aliphatic carbocycles. The number of piperidine rings is 1. The molecule has 0 aromatic rings. The number of carbonyl (C=O) groups is 1. The van der Waals surface area contributed by atoms with Crippen LogP contribution in [0, 0.1) is 40.9 Å². The van der Waals surface area contributed by atoms with Crippen LogP contribution in [0.1, 0.15) is 85.0 Å². The minimum atomic E-state index is -0.455. The van der Waals surface area contributed by atoms with Gasteiger partial charge in [0.1, 0.15) is 0 Å². The van der Waals surface area contributed by atoms with E-state index in [9.17, 15) is 4.79 Å². The molecule has 3 heterocycles. The molecule has 0 aromatic heterocycles. The van der Waals surface area contributed by atoms with Gasteiger partial charge in [-0.15, -0.1) is 6.58 Å². The van der Waals surface area contributed by atoms with E-state index >= 15 is 0 Å². The zero-order valence-corrected chi connectivity index (χ0v) is 25.1. The molecule has 0 amide bonds. The Balaban J connectivity index is 1.06. The number of allylic oxidation sites excluding steroid dienone is 1. The third kappa shape index (κ3) is 4.07. The van der Waals surface area contributed by atoms with Crippen molar-refractivity contribution in [1.29, 1.82) is 0 Å². The zero-order valence-electron chi connectivity index (χ0n) is 25.1. The maximum atomic E-state index is 12.0. The number of nitrogens with one attached hydrogen (secondary N) is 1. The first kappa shape index (κ1) is 27.1. The average Bonchev–Trinajstić information content (AvgIpc) is 3.64. The molecule has 1 spiro atoms. The number of esters is 1. The lowest BCUT2D eigenvalue weighted by atomic mass is 9.52. The Hall–Kier alpha value is -1.73. The van der Waals surface area contributed by atoms with Gasteiger partial charge in [0, 0.05) is 24.5 Å². The number of ether oxygens (including phenoxy) is 2. The molecule has 12 unspecified atom stereocenters. The highest BCUT2D eigenvalue weighted by atomic mass is 16.5. The lowest BCUT2D eigenvalue weighted by molar-refractivity contribution is -0.142. The number of nitrogens with zero attached hydrogens (tertiary/aromatic N) is 3. The Bertz CT molecular complexity index is 1110. The van der Waals surface area contributed by atoms with Gasteiger partial charge in [-0.3, -0.25) is 5.01 Å². The summed E-state index contributed by atoms with van der Waals surface area (Å²) in [4.78, 5) is 12.0. The summed E-state index contributed by atoms with van der Waals surface area (Å²) in [6, 6.07) is 0.436. The van der Waals surface area contributed by atoms with Crippen molar-refractivity contribution < 1.29 is 14.3 Å². The van der Waals surface area contributed by atoms with E-state index in [0.29, 0.717) is 42.0 Å². The van der Waals surface area contributed by atoms with Gasteiger partial charge in [-0.05, 0) is 106 Å². The van der Waals surface area contributed by atoms with Crippen LogP contribution in [0.4, 0.5) is 0 Å². The summed E-state index contributed by atoms with van der Waals surface area (Å²) in [5.41, 5.74) is 3.88. The second kappa shape index (κ2) is 9.93. The van der Waals surface area contributed by atoms with Gasteiger partial charge in [0.05, 0.1) is 25.4 Å². The molecule has 1 N–H and O–H groups in total. The fourth-order valence-corrected chi connectivity index (χ4v) is 11.0. The molecule has 0 bridgehead atoms. The first-order valence-electron chi connectivity index (χ1n) is 16.2. The number of hydrogen-bond donors (Lipinski definition) is 1. The van der Waals surface area contributed by atoms with Crippen molar-refractivity contribution in [1.82, 2.24) is 10.3 Å². The average molecular weight is 551 g/mol. The predicted octanol–water partition coefficient (Wildman–Crippen LogP) is 5.87. The van der Waals surface area contributed by atoms with Crippen molar-refractivity contribution in [3.8, 4) is 0 Å². The van der Waals surface area contributed by atoms with E-state index in [1.54, 1.807) is 5.57 Å². The Morgan fingerprint density at radius 1 is 1.23 bits per heavy atom. The number of methoxy groups -OCH3 is 1. The van der Waals surface area contributed by atoms with Gasteiger partial charge in [0.15, 0.2) is 6.04 Å². The molecule has 12 atom stereocenters. The number of rotatable bonds is 3. The molecule has 7 rings (SSSR count). The third-order valence-corrected chi connectivity index (χ3v) is 13.3. The number of fused-ring (bicyclic) bond motifs is 6. The van der Waals surface area contributed by atoms with Gasteiger partial charge in [-0.1, -0.05) is 36.3 Å². The summed E-state index contributed by atoms with van der Waals surface area (Å²) in [5.74, 6) is 3.94. The first-order chi connectivity index (χ1) is 19.3. The van der Waals surface area contributed by atoms with Crippen LogP contribution in [0.3, 0.4) is 0 Å². The molecule has 0 radical (unpaired) electrons. The normalized spacial score (nSPS) is 49.8. The minimum Gasteiger partial charge on any atom is -0.467 e. The molecular weight excluding hydrogens is 500 g/mol. The molecule has 220 valence electrons. The summed E-state index contributed by atoms with van der Waals surface area (Å²) >= 11 is 0. The van der Waals surface area contributed by atoms with Crippen LogP contribution in [0.25, 0.3) is 0 Å². The molecule has 5 fully saturated rings. The largest absolute Gasteiger partial charge is 0.467 e. The summed E-state index contributed by atoms with van der Waals surface area (Å²) in [6.07, 6.45) is 14.8. The Labute approximate surface area is 240 Å². The number of hydrogen-bond acceptors (Lipinski definition) is 7. The Morgan fingerprint density at radius 2 is 2.08 bits per heavy atom. The van der Waals surface area contributed by atoms with Gasteiger partial charge in [-0.2, -0.15) is 5.11 Å². The fourth-order valence-electron chi connectivity index (χ4n) is 11.0. The first-order valence-corrected chi connectivity index (χ1v) is 16.2. The molecule has 0 aromatic carbocycles. The topological polar surface area (TPSA) is 75.5 Å². The second-order valence-corrected chi connectivity index (χ2v) is 14.9. The SMILES string of the molecule is C=CC1CNC2C(C1)OC1(CCC3C(=C(C)C1)CC1C3CCC3CC(N4CC(C(=O)OC)N=N4)CCC31C)C2C. The van der Waals surface area contributed by atoms with Crippen molar-refractivity contribution in [2.75, 3.05) is 20.2 Å². The molecule has 3 aliphatic heterocycles. The zero-order chi connectivity index (χ0) is 27.8. The quantitative estimate of drug-likeness (QED) is 0.351. The maximum absolute atomic E-state index is 12.0. The molecule has 7 nitrogen and oxygen atoms in total. The van der Waals surface area contributed by atoms with Gasteiger partial charge < -0.3 is 14.8 Å². The Morgan fingerprint density at radius 3 is 2.88 bits per heavy atom. The van der Waals surface area contributed by atoms with E-state index in [2.05, 4.69) is 54.1 Å². The van der Waals surface area contributed by atoms with Crippen LogP contribution in [-0.4, -0.2) is 61.0 Å². The highest BCUT2D eigenvalue weighted by Crippen LogP contribution is 2.65. The Kier molecular flexibility index (Phi) is 6.73. The van der Waals surface area contributed by atoms with Crippen LogP contribution < -0.4 is 5.32 Å². The van der Waals surface area contributed by atoms with E-state index < -0.39 is 6.04 Å². The van der Waals surface area contributed by atoms with E-state index in [1.165, 1.54) is 52.1 Å². The lowest BCUT2D eigenvalue weighted by Gasteiger charge is -2.54. The summed E-state index contributed by atoms with van der Waals surface area (Å²) in [7, 11) is 1.44. The second-order valence-electron chi connectivity index (χ2n) is 14.9. The standard InChI is InChI=1S/C33H50N4O3/c1-6-21-13-29-30(34-17-21)20(3)33(40-29)12-10-24-25-8-7-22-14-23(37-18-28(35-36-37)31(38)39-5)9-11-32(22,4)27(25)15-26(24)19(2)16-33/h6,20-25,27-30,34H,1,7-18H2,2-5H3. The van der Waals surface area contributed by atoms with Crippen LogP contribution in [0.2, 0.25) is 0 Å². The molecule has 2 saturated heterocycles. The fraction of sp³-hybridized carbons (Fsp3) is 0.848. The van der Waals surface area contributed by atoms with E-state index in [1.807, 2.05) is 5.57 Å². The summed E-state index contributed by atoms with van der Waals surface area (Å²) in [5, 5.41) is 14.6. The molecule has 3 saturated carbocycles. The van der Waals surface area contributed by atoms with Crippen molar-refractivity contribution in [2.24, 2.45) is 51.3 Å². The van der Waals surface area contributed by atoms with Crippen LogP contribution >= 0.6 is 0 Å². The molecule has 7 heteroatoms. The molecule has 40 heavy (non-hydrogen) atoms. The van der Waals surface area contributed by atoms with Crippen molar-refractivity contribution in [3.05, 3.63) is 23.8 Å². The van der Waals surface area contributed by atoms with Gasteiger partial charge in [-0.25, -0.2) is 4.79 Å². The van der Waals surface area contributed by atoms with E-state index in [4.69, 9.17) is 9.47 Å². The molecular formula is C33H50N4O3. The van der Waals surface area contributed by atoms with Crippen LogP contribution in [0.5, 0.6) is 0 Å². The summed E-state index contributed by atoms with van der Waals surface area (Å²) < 4.78 is 12.0.